The lowest BCUT2D eigenvalue weighted by Crippen LogP contribution is -2.11. The summed E-state index contributed by atoms with van der Waals surface area (Å²) >= 11 is 14.2. The number of aldehydes is 1. The molecule has 0 aliphatic heterocycles. The van der Waals surface area contributed by atoms with Gasteiger partial charge in [0, 0.05) is 5.56 Å². The molecule has 124 valence electrons. The monoisotopic (exact) mass is 484 g/mol. The molecular formula is C15H6Cl2F3IN2O. The van der Waals surface area contributed by atoms with E-state index in [0.717, 1.165) is 6.07 Å². The Bertz CT molecular complexity index is 969. The maximum absolute atomic E-state index is 13.0. The molecule has 0 aliphatic rings. The summed E-state index contributed by atoms with van der Waals surface area (Å²) in [7, 11) is 0. The molecule has 0 amide bonds. The molecule has 24 heavy (non-hydrogen) atoms. The van der Waals surface area contributed by atoms with Crippen LogP contribution in [0.25, 0.3) is 16.6 Å². The van der Waals surface area contributed by atoms with Crippen LogP contribution in [-0.2, 0) is 6.18 Å². The van der Waals surface area contributed by atoms with Gasteiger partial charge in [0.25, 0.3) is 0 Å². The van der Waals surface area contributed by atoms with Crippen molar-refractivity contribution in [2.75, 3.05) is 0 Å². The fourth-order valence-corrected chi connectivity index (χ4v) is 3.87. The van der Waals surface area contributed by atoms with Gasteiger partial charge in [-0.15, -0.1) is 0 Å². The third kappa shape index (κ3) is 2.78. The predicted octanol–water partition coefficient (Wildman–Crippen LogP) is 5.77. The summed E-state index contributed by atoms with van der Waals surface area (Å²) in [6.45, 7) is 0. The van der Waals surface area contributed by atoms with Crippen molar-refractivity contribution in [3.05, 3.63) is 55.2 Å². The van der Waals surface area contributed by atoms with Crippen LogP contribution in [0.15, 0.2) is 30.3 Å². The van der Waals surface area contributed by atoms with E-state index < -0.39 is 17.3 Å². The molecule has 0 bridgehead atoms. The van der Waals surface area contributed by atoms with Gasteiger partial charge in [-0.2, -0.15) is 18.3 Å². The van der Waals surface area contributed by atoms with Gasteiger partial charge in [-0.25, -0.2) is 4.68 Å². The van der Waals surface area contributed by atoms with E-state index in [1.807, 2.05) is 22.6 Å². The predicted molar refractivity (Wildman–Crippen MR) is 94.2 cm³/mol. The van der Waals surface area contributed by atoms with Crippen LogP contribution < -0.4 is 0 Å². The van der Waals surface area contributed by atoms with E-state index >= 15 is 0 Å². The summed E-state index contributed by atoms with van der Waals surface area (Å²) in [4.78, 5) is 11.2. The van der Waals surface area contributed by atoms with E-state index in [0.29, 0.717) is 19.6 Å². The highest BCUT2D eigenvalue weighted by Gasteiger charge is 2.35. The van der Waals surface area contributed by atoms with Crippen molar-refractivity contribution < 1.29 is 18.0 Å². The molecule has 3 rings (SSSR count). The SMILES string of the molecule is O=Cc1c(C(F)(F)F)ccc(-n2nc(I)c3c(Cl)cccc32)c1Cl. The number of alkyl halides is 3. The summed E-state index contributed by atoms with van der Waals surface area (Å²) < 4.78 is 40.9. The number of carbonyl (C=O) groups excluding carboxylic acids is 1. The van der Waals surface area contributed by atoms with Gasteiger partial charge in [-0.1, -0.05) is 29.3 Å². The average Bonchev–Trinajstić information content (AvgIpc) is 2.84. The summed E-state index contributed by atoms with van der Waals surface area (Å²) in [6, 6.07) is 7.09. The molecule has 1 aromatic heterocycles. The summed E-state index contributed by atoms with van der Waals surface area (Å²) in [6.07, 6.45) is -4.58. The molecular weight excluding hydrogens is 479 g/mol. The van der Waals surface area contributed by atoms with E-state index in [2.05, 4.69) is 5.10 Å². The average molecular weight is 485 g/mol. The fourth-order valence-electron chi connectivity index (χ4n) is 2.38. The smallest absolute Gasteiger partial charge is 0.298 e. The Kier molecular flexibility index (Phi) is 4.52. The molecule has 0 spiro atoms. The largest absolute Gasteiger partial charge is 0.417 e. The Labute approximate surface area is 157 Å². The van der Waals surface area contributed by atoms with E-state index in [9.17, 15) is 18.0 Å². The van der Waals surface area contributed by atoms with Crippen molar-refractivity contribution in [3.63, 3.8) is 0 Å². The van der Waals surface area contributed by atoms with Crippen LogP contribution in [0.1, 0.15) is 15.9 Å². The van der Waals surface area contributed by atoms with Gasteiger partial charge in [0.05, 0.1) is 32.2 Å². The Hall–Kier alpha value is -1.32. The number of fused-ring (bicyclic) bond motifs is 1. The third-order valence-electron chi connectivity index (χ3n) is 3.42. The van der Waals surface area contributed by atoms with Gasteiger partial charge >= 0.3 is 6.18 Å². The Balaban J connectivity index is 2.33. The van der Waals surface area contributed by atoms with Crippen LogP contribution in [0.4, 0.5) is 13.2 Å². The number of halogens is 6. The van der Waals surface area contributed by atoms with E-state index in [4.69, 9.17) is 23.2 Å². The second kappa shape index (κ2) is 6.20. The number of hydrogen-bond acceptors (Lipinski definition) is 2. The van der Waals surface area contributed by atoms with Crippen LogP contribution in [0.2, 0.25) is 10.0 Å². The molecule has 1 heterocycles. The first-order valence-corrected chi connectivity index (χ1v) is 8.27. The molecule has 0 radical (unpaired) electrons. The first-order chi connectivity index (χ1) is 11.3. The molecule has 2 aromatic carbocycles. The van der Waals surface area contributed by atoms with Crippen LogP contribution in [0, 0.1) is 3.70 Å². The lowest BCUT2D eigenvalue weighted by atomic mass is 10.1. The molecule has 0 saturated carbocycles. The molecule has 0 unspecified atom stereocenters. The van der Waals surface area contributed by atoms with Gasteiger partial charge < -0.3 is 0 Å². The molecule has 0 fully saturated rings. The van der Waals surface area contributed by atoms with Crippen molar-refractivity contribution in [1.29, 1.82) is 0 Å². The summed E-state index contributed by atoms with van der Waals surface area (Å²) in [5.41, 5.74) is -0.967. The number of rotatable bonds is 2. The van der Waals surface area contributed by atoms with Gasteiger partial charge in [-0.3, -0.25) is 4.79 Å². The standard InChI is InChI=1S/C15H6Cl2F3IN2O/c16-9-2-1-3-10-12(9)14(21)22-23(10)11-5-4-8(15(18,19)20)7(6-24)13(11)17/h1-6H. The Morgan fingerprint density at radius 3 is 2.50 bits per heavy atom. The number of nitrogens with zero attached hydrogens (tertiary/aromatic N) is 2. The molecule has 0 saturated heterocycles. The normalized spacial score (nSPS) is 11.9. The molecule has 9 heteroatoms. The molecule has 0 aliphatic carbocycles. The minimum Gasteiger partial charge on any atom is -0.298 e. The minimum atomic E-state index is -4.68. The molecule has 0 atom stereocenters. The highest BCUT2D eigenvalue weighted by molar-refractivity contribution is 14.1. The number of aromatic nitrogens is 2. The topological polar surface area (TPSA) is 34.9 Å². The van der Waals surface area contributed by atoms with E-state index in [1.54, 1.807) is 18.2 Å². The van der Waals surface area contributed by atoms with Crippen LogP contribution in [-0.4, -0.2) is 16.1 Å². The van der Waals surface area contributed by atoms with Gasteiger partial charge in [0.1, 0.15) is 3.70 Å². The van der Waals surface area contributed by atoms with Crippen molar-refractivity contribution in [2.24, 2.45) is 0 Å². The zero-order valence-corrected chi connectivity index (χ0v) is 15.2. The van der Waals surface area contributed by atoms with Crippen LogP contribution in [0.5, 0.6) is 0 Å². The fraction of sp³-hybridized carbons (Fsp3) is 0.0667. The maximum atomic E-state index is 13.0. The third-order valence-corrected chi connectivity index (χ3v) is 4.89. The minimum absolute atomic E-state index is 0.0955. The number of benzene rings is 2. The molecule has 3 nitrogen and oxygen atoms in total. The van der Waals surface area contributed by atoms with E-state index in [-0.39, 0.29) is 17.0 Å². The van der Waals surface area contributed by atoms with Crippen molar-refractivity contribution in [3.8, 4) is 5.69 Å². The Morgan fingerprint density at radius 2 is 1.88 bits per heavy atom. The molecule has 0 N–H and O–H groups in total. The van der Waals surface area contributed by atoms with Gasteiger partial charge in [0.2, 0.25) is 0 Å². The lowest BCUT2D eigenvalue weighted by Gasteiger charge is -2.14. The van der Waals surface area contributed by atoms with E-state index in [1.165, 1.54) is 10.7 Å². The lowest BCUT2D eigenvalue weighted by molar-refractivity contribution is -0.137. The summed E-state index contributed by atoms with van der Waals surface area (Å²) in [5.74, 6) is 0. The quantitative estimate of drug-likeness (QED) is 0.342. The molecule has 3 aromatic rings. The van der Waals surface area contributed by atoms with Crippen LogP contribution >= 0.6 is 45.8 Å². The first kappa shape index (κ1) is 17.5. The second-order valence-corrected chi connectivity index (χ2v) is 6.62. The maximum Gasteiger partial charge on any atom is 0.417 e. The summed E-state index contributed by atoms with van der Waals surface area (Å²) in [5, 5.41) is 5.08. The van der Waals surface area contributed by atoms with Crippen molar-refractivity contribution in [1.82, 2.24) is 9.78 Å². The highest BCUT2D eigenvalue weighted by Crippen LogP contribution is 2.38. The van der Waals surface area contributed by atoms with Gasteiger partial charge in [0.15, 0.2) is 6.29 Å². The number of carbonyl (C=O) groups is 1. The zero-order chi connectivity index (χ0) is 17.6. The van der Waals surface area contributed by atoms with Crippen molar-refractivity contribution >= 4 is 63.0 Å². The first-order valence-electron chi connectivity index (χ1n) is 6.43. The van der Waals surface area contributed by atoms with Gasteiger partial charge in [-0.05, 0) is 46.9 Å². The zero-order valence-electron chi connectivity index (χ0n) is 11.5. The Morgan fingerprint density at radius 1 is 1.17 bits per heavy atom. The van der Waals surface area contributed by atoms with Crippen LogP contribution in [0.3, 0.4) is 0 Å². The highest BCUT2D eigenvalue weighted by atomic mass is 127. The second-order valence-electron chi connectivity index (χ2n) is 4.81. The van der Waals surface area contributed by atoms with Crippen molar-refractivity contribution in [2.45, 2.75) is 6.18 Å². The number of hydrogen-bond donors (Lipinski definition) is 0.